The van der Waals surface area contributed by atoms with E-state index >= 15 is 0 Å². The number of aryl methyl sites for hydroxylation is 2. The molecule has 76 valence electrons. The minimum atomic E-state index is 0.0735. The maximum atomic E-state index is 8.66. The fraction of sp³-hybridized carbons (Fsp3) is 0.333. The number of hydrogen-bond acceptors (Lipinski definition) is 2. The van der Waals surface area contributed by atoms with Crippen LogP contribution in [0.1, 0.15) is 16.7 Å². The lowest BCUT2D eigenvalue weighted by Crippen LogP contribution is -1.91. The van der Waals surface area contributed by atoms with E-state index in [9.17, 15) is 0 Å². The highest BCUT2D eigenvalue weighted by Gasteiger charge is 2.02. The molecule has 2 heteroatoms. The average molecular weight is 192 g/mol. The van der Waals surface area contributed by atoms with Gasteiger partial charge in [0.15, 0.2) is 0 Å². The average Bonchev–Trinajstić information content (AvgIpc) is 2.14. The van der Waals surface area contributed by atoms with Crippen LogP contribution in [-0.4, -0.2) is 18.8 Å². The summed E-state index contributed by atoms with van der Waals surface area (Å²) in [6.07, 6.45) is 3.63. The molecular weight excluding hydrogens is 176 g/mol. The third kappa shape index (κ3) is 2.36. The van der Waals surface area contributed by atoms with Crippen LogP contribution in [0.4, 0.5) is 0 Å². The summed E-state index contributed by atoms with van der Waals surface area (Å²) in [5, 5.41) is 8.66. The molecule has 1 aromatic carbocycles. The number of rotatable bonds is 3. The molecule has 0 radical (unpaired) electrons. The Kier molecular flexibility index (Phi) is 3.72. The summed E-state index contributed by atoms with van der Waals surface area (Å²) in [6.45, 7) is 4.11. The molecule has 0 bridgehead atoms. The fourth-order valence-corrected chi connectivity index (χ4v) is 1.59. The molecule has 1 rings (SSSR count). The number of methoxy groups -OCH3 is 1. The molecule has 0 atom stereocenters. The molecule has 0 aliphatic carbocycles. The van der Waals surface area contributed by atoms with E-state index < -0.39 is 0 Å². The monoisotopic (exact) mass is 192 g/mol. The molecule has 1 N–H and O–H groups in total. The summed E-state index contributed by atoms with van der Waals surface area (Å²) in [5.74, 6) is 0.936. The van der Waals surface area contributed by atoms with Crippen LogP contribution in [0.5, 0.6) is 5.75 Å². The lowest BCUT2D eigenvalue weighted by Gasteiger charge is -2.09. The molecule has 0 fully saturated rings. The topological polar surface area (TPSA) is 29.5 Å². The van der Waals surface area contributed by atoms with E-state index in [-0.39, 0.29) is 6.61 Å². The van der Waals surface area contributed by atoms with Crippen LogP contribution < -0.4 is 4.74 Å². The molecule has 1 aromatic rings. The molecule has 0 saturated heterocycles. The van der Waals surface area contributed by atoms with E-state index in [1.807, 2.05) is 32.1 Å². The van der Waals surface area contributed by atoms with Gasteiger partial charge < -0.3 is 9.84 Å². The van der Waals surface area contributed by atoms with Crippen molar-refractivity contribution in [3.63, 3.8) is 0 Å². The number of aliphatic hydroxyl groups is 1. The summed E-state index contributed by atoms with van der Waals surface area (Å²) >= 11 is 0. The van der Waals surface area contributed by atoms with Crippen LogP contribution in [0, 0.1) is 13.8 Å². The van der Waals surface area contributed by atoms with Gasteiger partial charge in [0, 0.05) is 0 Å². The summed E-state index contributed by atoms with van der Waals surface area (Å²) in [4.78, 5) is 0. The Hall–Kier alpha value is -1.28. The molecule has 0 aliphatic rings. The molecule has 2 nitrogen and oxygen atoms in total. The highest BCUT2D eigenvalue weighted by Crippen LogP contribution is 2.24. The Morgan fingerprint density at radius 1 is 1.29 bits per heavy atom. The third-order valence-electron chi connectivity index (χ3n) is 2.10. The van der Waals surface area contributed by atoms with E-state index in [0.29, 0.717) is 0 Å². The van der Waals surface area contributed by atoms with Gasteiger partial charge in [-0.2, -0.15) is 0 Å². The zero-order valence-corrected chi connectivity index (χ0v) is 8.87. The van der Waals surface area contributed by atoms with E-state index in [2.05, 4.69) is 0 Å². The minimum absolute atomic E-state index is 0.0735. The van der Waals surface area contributed by atoms with Gasteiger partial charge in [0.25, 0.3) is 0 Å². The van der Waals surface area contributed by atoms with Gasteiger partial charge >= 0.3 is 0 Å². The van der Waals surface area contributed by atoms with Crippen LogP contribution in [0.2, 0.25) is 0 Å². The Bertz CT molecular complexity index is 317. The summed E-state index contributed by atoms with van der Waals surface area (Å²) in [7, 11) is 1.68. The van der Waals surface area contributed by atoms with Crippen molar-refractivity contribution in [2.45, 2.75) is 13.8 Å². The molecule has 14 heavy (non-hydrogen) atoms. The molecule has 0 unspecified atom stereocenters. The Labute approximate surface area is 84.8 Å². The molecule has 0 aliphatic heterocycles. The summed E-state index contributed by atoms with van der Waals surface area (Å²) < 4.78 is 5.26. The first-order valence-corrected chi connectivity index (χ1v) is 4.61. The van der Waals surface area contributed by atoms with Crippen molar-refractivity contribution in [1.29, 1.82) is 0 Å². The second-order valence-corrected chi connectivity index (χ2v) is 3.27. The Morgan fingerprint density at radius 3 is 2.29 bits per heavy atom. The van der Waals surface area contributed by atoms with Crippen LogP contribution in [0.25, 0.3) is 6.08 Å². The molecule has 0 spiro atoms. The Balaban J connectivity index is 3.07. The standard InChI is InChI=1S/C12H16O2/c1-9-7-11(5-4-6-13)8-10(2)12(9)14-3/h4-5,7-8,13H,6H2,1-3H3/b5-4+. The van der Waals surface area contributed by atoms with E-state index in [1.165, 1.54) is 0 Å². The van der Waals surface area contributed by atoms with Gasteiger partial charge in [0.1, 0.15) is 5.75 Å². The number of ether oxygens (including phenoxy) is 1. The number of benzene rings is 1. The first kappa shape index (κ1) is 10.8. The largest absolute Gasteiger partial charge is 0.496 e. The molecule has 0 amide bonds. The molecule has 0 saturated carbocycles. The van der Waals surface area contributed by atoms with Crippen molar-refractivity contribution in [3.8, 4) is 5.75 Å². The van der Waals surface area contributed by atoms with Crippen LogP contribution in [0.3, 0.4) is 0 Å². The third-order valence-corrected chi connectivity index (χ3v) is 2.10. The fourth-order valence-electron chi connectivity index (χ4n) is 1.59. The summed E-state index contributed by atoms with van der Waals surface area (Å²) in [6, 6.07) is 4.08. The lowest BCUT2D eigenvalue weighted by molar-refractivity contribution is 0.343. The predicted octanol–water partition coefficient (Wildman–Crippen LogP) is 2.32. The van der Waals surface area contributed by atoms with E-state index in [1.54, 1.807) is 13.2 Å². The predicted molar refractivity (Wildman–Crippen MR) is 58.6 cm³/mol. The molecule has 0 heterocycles. The van der Waals surface area contributed by atoms with Crippen LogP contribution in [-0.2, 0) is 0 Å². The van der Waals surface area contributed by atoms with Gasteiger partial charge in [0.2, 0.25) is 0 Å². The zero-order valence-electron chi connectivity index (χ0n) is 8.87. The highest BCUT2D eigenvalue weighted by atomic mass is 16.5. The Morgan fingerprint density at radius 2 is 1.86 bits per heavy atom. The number of hydrogen-bond donors (Lipinski definition) is 1. The minimum Gasteiger partial charge on any atom is -0.496 e. The summed E-state index contributed by atoms with van der Waals surface area (Å²) in [5.41, 5.74) is 3.32. The lowest BCUT2D eigenvalue weighted by atomic mass is 10.1. The van der Waals surface area contributed by atoms with Crippen molar-refractivity contribution in [2.24, 2.45) is 0 Å². The van der Waals surface area contributed by atoms with Crippen LogP contribution >= 0.6 is 0 Å². The maximum Gasteiger partial charge on any atom is 0.124 e. The smallest absolute Gasteiger partial charge is 0.124 e. The maximum absolute atomic E-state index is 8.66. The van der Waals surface area contributed by atoms with Crippen molar-refractivity contribution < 1.29 is 9.84 Å². The van der Waals surface area contributed by atoms with E-state index in [4.69, 9.17) is 9.84 Å². The molecule has 0 aromatic heterocycles. The van der Waals surface area contributed by atoms with Crippen LogP contribution in [0.15, 0.2) is 18.2 Å². The first-order chi connectivity index (χ1) is 6.69. The van der Waals surface area contributed by atoms with Gasteiger partial charge in [0.05, 0.1) is 13.7 Å². The van der Waals surface area contributed by atoms with Gasteiger partial charge in [-0.3, -0.25) is 0 Å². The quantitative estimate of drug-likeness (QED) is 0.796. The normalized spacial score (nSPS) is 10.9. The second-order valence-electron chi connectivity index (χ2n) is 3.27. The SMILES string of the molecule is COc1c(C)cc(/C=C/CO)cc1C. The van der Waals surface area contributed by atoms with Gasteiger partial charge in [-0.15, -0.1) is 0 Å². The van der Waals surface area contributed by atoms with Gasteiger partial charge in [-0.1, -0.05) is 12.2 Å². The van der Waals surface area contributed by atoms with Crippen molar-refractivity contribution in [3.05, 3.63) is 34.9 Å². The zero-order chi connectivity index (χ0) is 10.6. The second kappa shape index (κ2) is 4.82. The molecular formula is C12H16O2. The van der Waals surface area contributed by atoms with Gasteiger partial charge in [-0.05, 0) is 42.7 Å². The first-order valence-electron chi connectivity index (χ1n) is 4.61. The van der Waals surface area contributed by atoms with Crippen molar-refractivity contribution >= 4 is 6.08 Å². The van der Waals surface area contributed by atoms with E-state index in [0.717, 1.165) is 22.4 Å². The van der Waals surface area contributed by atoms with Gasteiger partial charge in [-0.25, -0.2) is 0 Å². The van der Waals surface area contributed by atoms with Crippen molar-refractivity contribution in [1.82, 2.24) is 0 Å². The number of aliphatic hydroxyl groups excluding tert-OH is 1. The highest BCUT2D eigenvalue weighted by molar-refractivity contribution is 5.56. The van der Waals surface area contributed by atoms with Crippen molar-refractivity contribution in [2.75, 3.05) is 13.7 Å².